The Morgan fingerprint density at radius 3 is 2.91 bits per heavy atom. The summed E-state index contributed by atoms with van der Waals surface area (Å²) in [6, 6.07) is 5.12. The number of ether oxygens (including phenoxy) is 1. The van der Waals surface area contributed by atoms with E-state index in [1.807, 2.05) is 19.0 Å². The van der Waals surface area contributed by atoms with E-state index in [0.29, 0.717) is 16.5 Å². The molecule has 1 aromatic heterocycles. The first-order valence-electron chi connectivity index (χ1n) is 7.56. The average Bonchev–Trinajstić information content (AvgIpc) is 3.02. The molecule has 0 N–H and O–H groups in total. The van der Waals surface area contributed by atoms with Crippen LogP contribution in [0.4, 0.5) is 14.5 Å². The smallest absolute Gasteiger partial charge is 0.315 e. The zero-order valence-electron chi connectivity index (χ0n) is 12.8. The van der Waals surface area contributed by atoms with Crippen LogP contribution in [0.15, 0.2) is 24.4 Å². The number of nitrogens with zero attached hydrogens (tertiary/aromatic N) is 2. The number of alkyl halides is 2. The van der Waals surface area contributed by atoms with Crippen LogP contribution in [0.25, 0.3) is 10.9 Å². The lowest BCUT2D eigenvalue weighted by Crippen LogP contribution is -2.43. The lowest BCUT2D eigenvalue weighted by molar-refractivity contribution is -0.0628. The van der Waals surface area contributed by atoms with Crippen molar-refractivity contribution in [2.75, 3.05) is 25.6 Å². The van der Waals surface area contributed by atoms with Crippen LogP contribution in [-0.2, 0) is 4.74 Å². The highest BCUT2D eigenvalue weighted by atomic mass is 19.3. The van der Waals surface area contributed by atoms with Gasteiger partial charge in [-0.05, 0) is 24.1 Å². The van der Waals surface area contributed by atoms with Gasteiger partial charge >= 0.3 is 5.92 Å². The van der Waals surface area contributed by atoms with E-state index in [1.165, 1.54) is 0 Å². The van der Waals surface area contributed by atoms with Gasteiger partial charge in [-0.15, -0.1) is 0 Å². The van der Waals surface area contributed by atoms with Gasteiger partial charge in [-0.3, -0.25) is 9.78 Å². The summed E-state index contributed by atoms with van der Waals surface area (Å²) >= 11 is 0. The largest absolute Gasteiger partial charge is 0.376 e. The summed E-state index contributed by atoms with van der Waals surface area (Å²) < 4.78 is 34.7. The lowest BCUT2D eigenvalue weighted by Gasteiger charge is -2.34. The van der Waals surface area contributed by atoms with E-state index < -0.39 is 23.7 Å². The summed E-state index contributed by atoms with van der Waals surface area (Å²) in [6.45, 7) is 0.250. The molecule has 2 aliphatic rings. The summed E-state index contributed by atoms with van der Waals surface area (Å²) in [5.74, 6) is -5.58. The number of fused-ring (bicyclic) bond motifs is 5. The molecule has 6 heteroatoms. The molecule has 4 nitrogen and oxygen atoms in total. The van der Waals surface area contributed by atoms with Crippen molar-refractivity contribution in [3.05, 3.63) is 35.5 Å². The quantitative estimate of drug-likeness (QED) is 0.810. The highest BCUT2D eigenvalue weighted by Gasteiger charge is 2.58. The lowest BCUT2D eigenvalue weighted by atomic mass is 9.76. The van der Waals surface area contributed by atoms with Gasteiger partial charge in [0.2, 0.25) is 5.78 Å². The molecular formula is C17H16F2N2O2. The number of carbonyl (C=O) groups excluding carboxylic acids is 1. The molecule has 120 valence electrons. The molecule has 0 saturated carbocycles. The van der Waals surface area contributed by atoms with Gasteiger partial charge < -0.3 is 9.64 Å². The number of Topliss-reactive ketones (excluding diaryl/α,β-unsaturated/α-hetero) is 1. The Kier molecular flexibility index (Phi) is 2.97. The fraction of sp³-hybridized carbons (Fsp3) is 0.412. The van der Waals surface area contributed by atoms with Crippen LogP contribution in [0, 0.1) is 5.92 Å². The minimum atomic E-state index is -3.39. The van der Waals surface area contributed by atoms with Crippen molar-refractivity contribution in [2.45, 2.75) is 18.4 Å². The third-order valence-corrected chi connectivity index (χ3v) is 4.78. The number of hydrogen-bond acceptors (Lipinski definition) is 4. The molecule has 2 unspecified atom stereocenters. The molecule has 0 amide bonds. The van der Waals surface area contributed by atoms with Crippen LogP contribution >= 0.6 is 0 Å². The van der Waals surface area contributed by atoms with Gasteiger partial charge in [-0.1, -0.05) is 6.07 Å². The monoisotopic (exact) mass is 318 g/mol. The summed E-state index contributed by atoms with van der Waals surface area (Å²) in [5.41, 5.74) is 1.97. The Morgan fingerprint density at radius 1 is 1.39 bits per heavy atom. The molecule has 1 aromatic carbocycles. The molecule has 1 fully saturated rings. The first kappa shape index (κ1) is 14.5. The van der Waals surface area contributed by atoms with E-state index in [1.54, 1.807) is 24.4 Å². The normalized spacial score (nSPS) is 25.3. The summed E-state index contributed by atoms with van der Waals surface area (Å²) in [4.78, 5) is 18.7. The summed E-state index contributed by atoms with van der Waals surface area (Å²) in [5, 5.41) is 0.465. The Labute approximate surface area is 132 Å². The number of anilines is 1. The predicted molar refractivity (Wildman–Crippen MR) is 82.1 cm³/mol. The van der Waals surface area contributed by atoms with Gasteiger partial charge in [-0.2, -0.15) is 8.78 Å². The van der Waals surface area contributed by atoms with Gasteiger partial charge in [-0.25, -0.2) is 0 Å². The van der Waals surface area contributed by atoms with Crippen molar-refractivity contribution in [3.63, 3.8) is 0 Å². The molecule has 1 aliphatic heterocycles. The van der Waals surface area contributed by atoms with Crippen molar-refractivity contribution in [2.24, 2.45) is 5.92 Å². The number of ketones is 1. The minimum absolute atomic E-state index is 0.0619. The van der Waals surface area contributed by atoms with Gasteiger partial charge in [0.05, 0.1) is 23.2 Å². The maximum absolute atomic E-state index is 14.6. The van der Waals surface area contributed by atoms with Crippen LogP contribution < -0.4 is 4.90 Å². The third kappa shape index (κ3) is 1.84. The van der Waals surface area contributed by atoms with Crippen molar-refractivity contribution in [1.82, 2.24) is 4.98 Å². The Morgan fingerprint density at radius 2 is 2.17 bits per heavy atom. The zero-order chi connectivity index (χ0) is 16.4. The fourth-order valence-corrected chi connectivity index (χ4v) is 3.68. The molecule has 1 aliphatic carbocycles. The molecule has 0 spiro atoms. The first-order valence-corrected chi connectivity index (χ1v) is 7.56. The second-order valence-corrected chi connectivity index (χ2v) is 6.29. The van der Waals surface area contributed by atoms with Gasteiger partial charge in [0.1, 0.15) is 0 Å². The van der Waals surface area contributed by atoms with Crippen LogP contribution in [0.1, 0.15) is 28.4 Å². The Balaban J connectivity index is 2.10. The second-order valence-electron chi connectivity index (χ2n) is 6.29. The molecule has 23 heavy (non-hydrogen) atoms. The van der Waals surface area contributed by atoms with Crippen LogP contribution in [0.5, 0.6) is 0 Å². The maximum Gasteiger partial charge on any atom is 0.315 e. The van der Waals surface area contributed by atoms with Crippen LogP contribution in [-0.4, -0.2) is 37.4 Å². The first-order chi connectivity index (χ1) is 10.9. The van der Waals surface area contributed by atoms with E-state index in [0.717, 1.165) is 5.69 Å². The van der Waals surface area contributed by atoms with E-state index in [-0.39, 0.29) is 18.6 Å². The molecule has 4 rings (SSSR count). The van der Waals surface area contributed by atoms with E-state index in [4.69, 9.17) is 4.74 Å². The summed E-state index contributed by atoms with van der Waals surface area (Å²) in [6.07, 6.45) is 1.06. The third-order valence-electron chi connectivity index (χ3n) is 4.78. The molecular weight excluding hydrogens is 302 g/mol. The number of benzene rings is 1. The van der Waals surface area contributed by atoms with Crippen LogP contribution in [0.2, 0.25) is 0 Å². The highest BCUT2D eigenvalue weighted by Crippen LogP contribution is 2.52. The maximum atomic E-state index is 14.6. The molecule has 0 bridgehead atoms. The standard InChI is InChI=1S/C17H16F2N2O2/c1-21(2)12-8-10-13(9-4-3-6-20-14(9)12)16(22)17(18,19)11-5-7-23-15(10)11/h3-4,6,8,11,15H,5,7H2,1-2H3. The van der Waals surface area contributed by atoms with E-state index >= 15 is 0 Å². The average molecular weight is 318 g/mol. The molecule has 1 saturated heterocycles. The number of carbonyl (C=O) groups is 1. The fourth-order valence-electron chi connectivity index (χ4n) is 3.68. The Hall–Kier alpha value is -2.08. The predicted octanol–water partition coefficient (Wildman–Crippen LogP) is 3.21. The topological polar surface area (TPSA) is 42.4 Å². The van der Waals surface area contributed by atoms with Gasteiger partial charge in [0.15, 0.2) is 0 Å². The second kappa shape index (κ2) is 4.71. The number of pyridine rings is 1. The van der Waals surface area contributed by atoms with Crippen LogP contribution in [0.3, 0.4) is 0 Å². The van der Waals surface area contributed by atoms with Crippen molar-refractivity contribution in [3.8, 4) is 0 Å². The Bertz CT molecular complexity index is 820. The van der Waals surface area contributed by atoms with Gasteiger partial charge in [0.25, 0.3) is 0 Å². The summed E-state index contributed by atoms with van der Waals surface area (Å²) in [7, 11) is 3.73. The number of rotatable bonds is 1. The zero-order valence-corrected chi connectivity index (χ0v) is 12.8. The highest BCUT2D eigenvalue weighted by molar-refractivity contribution is 6.15. The molecule has 0 radical (unpaired) electrons. The van der Waals surface area contributed by atoms with Crippen molar-refractivity contribution >= 4 is 22.4 Å². The molecule has 2 aromatic rings. The van der Waals surface area contributed by atoms with E-state index in [2.05, 4.69) is 4.98 Å². The van der Waals surface area contributed by atoms with Crippen molar-refractivity contribution < 1.29 is 18.3 Å². The number of halogens is 2. The molecule has 2 atom stereocenters. The molecule has 2 heterocycles. The SMILES string of the molecule is CN(C)c1cc2c(c3cccnc13)C(=O)C(F)(F)C1CCOC21. The number of hydrogen-bond donors (Lipinski definition) is 0. The van der Waals surface area contributed by atoms with Gasteiger partial charge in [0, 0.05) is 37.8 Å². The van der Waals surface area contributed by atoms with Crippen molar-refractivity contribution in [1.29, 1.82) is 0 Å². The minimum Gasteiger partial charge on any atom is -0.376 e. The van der Waals surface area contributed by atoms with E-state index in [9.17, 15) is 13.6 Å². The number of aromatic nitrogens is 1.